The smallest absolute Gasteiger partial charge is 0.308 e. The maximum absolute atomic E-state index is 12.1. The minimum Gasteiger partial charge on any atom is -0.462 e. The topological polar surface area (TPSA) is 135 Å². The summed E-state index contributed by atoms with van der Waals surface area (Å²) in [6.07, 6.45) is 6.30. The van der Waals surface area contributed by atoms with Crippen LogP contribution in [-0.2, 0) is 28.5 Å². The van der Waals surface area contributed by atoms with E-state index in [1.807, 2.05) is 41.5 Å². The lowest BCUT2D eigenvalue weighted by Gasteiger charge is -2.31. The zero-order valence-electron chi connectivity index (χ0n) is 32.0. The number of nitrogens with zero attached hydrogens (tertiary/aromatic N) is 1. The molecule has 1 rings (SSSR count). The highest BCUT2D eigenvalue weighted by Gasteiger charge is 2.35. The van der Waals surface area contributed by atoms with Gasteiger partial charge >= 0.3 is 5.97 Å². The predicted octanol–water partition coefficient (Wildman–Crippen LogP) is 5.87. The van der Waals surface area contributed by atoms with Crippen molar-refractivity contribution in [3.63, 3.8) is 0 Å². The van der Waals surface area contributed by atoms with Crippen molar-refractivity contribution in [1.29, 1.82) is 0 Å². The van der Waals surface area contributed by atoms with Gasteiger partial charge in [0.2, 0.25) is 0 Å². The fourth-order valence-electron chi connectivity index (χ4n) is 4.93. The molecule has 0 bridgehead atoms. The summed E-state index contributed by atoms with van der Waals surface area (Å²) in [5.74, 6) is -0.910. The number of rotatable bonds is 15. The maximum atomic E-state index is 12.1. The average molecular weight is 654 g/mol. The number of aliphatic hydroxyl groups excluding tert-OH is 2. The van der Waals surface area contributed by atoms with E-state index in [4.69, 9.17) is 24.1 Å². The van der Waals surface area contributed by atoms with Gasteiger partial charge in [-0.05, 0) is 85.7 Å². The molecule has 4 unspecified atom stereocenters. The minimum atomic E-state index is -1.47. The highest BCUT2D eigenvalue weighted by Crippen LogP contribution is 2.27. The van der Waals surface area contributed by atoms with Crippen molar-refractivity contribution in [2.45, 2.75) is 157 Å². The second-order valence-corrected chi connectivity index (χ2v) is 12.5. The van der Waals surface area contributed by atoms with E-state index in [1.165, 1.54) is 6.92 Å². The first kappa shape index (κ1) is 50.7. The monoisotopic (exact) mass is 654 g/mol. The number of aliphatic hydroxyl groups is 3. The summed E-state index contributed by atoms with van der Waals surface area (Å²) in [5.41, 5.74) is -1.86. The van der Waals surface area contributed by atoms with Gasteiger partial charge in [0.25, 0.3) is 0 Å². The van der Waals surface area contributed by atoms with Gasteiger partial charge in [0.1, 0.15) is 18.5 Å². The Morgan fingerprint density at radius 3 is 2.00 bits per heavy atom. The molecule has 0 radical (unpaired) electrons. The van der Waals surface area contributed by atoms with E-state index < -0.39 is 17.3 Å². The number of aldehydes is 1. The van der Waals surface area contributed by atoms with E-state index >= 15 is 0 Å². The lowest BCUT2D eigenvalue weighted by molar-refractivity contribution is -0.165. The molecule has 10 nitrogen and oxygen atoms in total. The molecule has 0 aromatic rings. The van der Waals surface area contributed by atoms with Crippen LogP contribution in [0, 0.1) is 17.8 Å². The summed E-state index contributed by atoms with van der Waals surface area (Å²) in [4.78, 5) is 25.3. The molecule has 8 atom stereocenters. The summed E-state index contributed by atoms with van der Waals surface area (Å²) in [6, 6.07) is 0.634. The van der Waals surface area contributed by atoms with Gasteiger partial charge in [0.15, 0.2) is 6.29 Å². The number of methoxy groups -OCH3 is 2. The Hall–Kier alpha value is -1.14. The molecule has 3 N–H and O–H groups in total. The van der Waals surface area contributed by atoms with Gasteiger partial charge < -0.3 is 44.0 Å². The molecular formula is C35H75NO9. The van der Waals surface area contributed by atoms with Crippen molar-refractivity contribution in [3.05, 3.63) is 0 Å². The van der Waals surface area contributed by atoms with Gasteiger partial charge in [-0.2, -0.15) is 0 Å². The van der Waals surface area contributed by atoms with Gasteiger partial charge in [-0.25, -0.2) is 0 Å². The Balaban J connectivity index is -0.000000367. The standard InChI is InChI=1S/C20H38O6.C10H21NO2.2C2H6.CH4O/c1-14(2)17(22)20(6,24)13-26-18(23)16(4)9-8-10-19(5,25-7)11-15(3)12-21;1-8-7-9(11(2)3)5-6-10(12-4)13-8;3*1-2/h12,14-17,22,24H,8-11,13H2,1-7H3;8-10H,5-7H2,1-4H3;2*1-2H3;2H,1H3/t15-,16?,17?,19+,20-;8?,9-,10?;;;/m11.../s1. The summed E-state index contributed by atoms with van der Waals surface area (Å²) in [6.45, 7) is 20.6. The molecule has 0 aromatic carbocycles. The fraction of sp³-hybridized carbons (Fsp3) is 0.943. The maximum Gasteiger partial charge on any atom is 0.308 e. The summed E-state index contributed by atoms with van der Waals surface area (Å²) >= 11 is 0. The van der Waals surface area contributed by atoms with Crippen molar-refractivity contribution < 1.29 is 43.9 Å². The van der Waals surface area contributed by atoms with E-state index in [-0.39, 0.29) is 36.6 Å². The molecule has 0 amide bonds. The van der Waals surface area contributed by atoms with E-state index in [2.05, 4.69) is 25.9 Å². The Morgan fingerprint density at radius 1 is 1.04 bits per heavy atom. The van der Waals surface area contributed by atoms with E-state index in [9.17, 15) is 19.8 Å². The Morgan fingerprint density at radius 2 is 1.58 bits per heavy atom. The molecule has 0 saturated carbocycles. The fourth-order valence-corrected chi connectivity index (χ4v) is 4.93. The molecule has 0 aliphatic carbocycles. The number of hydrogen-bond donors (Lipinski definition) is 3. The van der Waals surface area contributed by atoms with Crippen LogP contribution in [-0.4, -0.2) is 110 Å². The largest absolute Gasteiger partial charge is 0.462 e. The van der Waals surface area contributed by atoms with Crippen molar-refractivity contribution in [3.8, 4) is 0 Å². The third-order valence-electron chi connectivity index (χ3n) is 7.72. The number of esters is 1. The van der Waals surface area contributed by atoms with Crippen LogP contribution in [0.5, 0.6) is 0 Å². The van der Waals surface area contributed by atoms with Crippen LogP contribution < -0.4 is 0 Å². The molecule has 1 aliphatic heterocycles. The average Bonchev–Trinajstić information content (AvgIpc) is 3.23. The van der Waals surface area contributed by atoms with Crippen molar-refractivity contribution in [2.75, 3.05) is 42.0 Å². The van der Waals surface area contributed by atoms with Crippen LogP contribution in [0.1, 0.15) is 121 Å². The van der Waals surface area contributed by atoms with Crippen LogP contribution in [0.3, 0.4) is 0 Å². The normalized spacial score (nSPS) is 22.4. The molecule has 0 aromatic heterocycles. The van der Waals surface area contributed by atoms with Crippen LogP contribution >= 0.6 is 0 Å². The number of ether oxygens (including phenoxy) is 4. The predicted molar refractivity (Wildman–Crippen MR) is 184 cm³/mol. The Kier molecular flexibility index (Phi) is 32.7. The van der Waals surface area contributed by atoms with E-state index in [0.717, 1.165) is 45.5 Å². The molecule has 274 valence electrons. The summed E-state index contributed by atoms with van der Waals surface area (Å²) in [5, 5.41) is 27.2. The lowest BCUT2D eigenvalue weighted by atomic mass is 9.87. The van der Waals surface area contributed by atoms with Gasteiger partial charge in [-0.3, -0.25) is 4.79 Å². The number of carbonyl (C=O) groups excluding carboxylic acids is 2. The van der Waals surface area contributed by atoms with Crippen molar-refractivity contribution in [1.82, 2.24) is 4.90 Å². The van der Waals surface area contributed by atoms with E-state index in [1.54, 1.807) is 35.0 Å². The molecule has 1 fully saturated rings. The van der Waals surface area contributed by atoms with Crippen LogP contribution in [0.25, 0.3) is 0 Å². The Bertz CT molecular complexity index is 690. The number of hydrogen-bond acceptors (Lipinski definition) is 10. The number of carbonyl (C=O) groups is 2. The van der Waals surface area contributed by atoms with E-state index in [0.29, 0.717) is 25.0 Å². The molecule has 1 saturated heterocycles. The first-order chi connectivity index (χ1) is 21.0. The highest BCUT2D eigenvalue weighted by atomic mass is 16.7. The van der Waals surface area contributed by atoms with Crippen LogP contribution in [0.2, 0.25) is 0 Å². The van der Waals surface area contributed by atoms with Gasteiger partial charge in [0.05, 0.1) is 23.7 Å². The molecule has 1 aliphatic rings. The minimum absolute atomic E-state index is 0.0000463. The molecule has 10 heteroatoms. The summed E-state index contributed by atoms with van der Waals surface area (Å²) < 4.78 is 21.7. The third kappa shape index (κ3) is 23.8. The molecular weight excluding hydrogens is 578 g/mol. The zero-order chi connectivity index (χ0) is 36.4. The van der Waals surface area contributed by atoms with Crippen LogP contribution in [0.15, 0.2) is 0 Å². The zero-order valence-corrected chi connectivity index (χ0v) is 32.0. The first-order valence-electron chi connectivity index (χ1n) is 16.9. The van der Waals surface area contributed by atoms with Gasteiger partial charge in [-0.15, -0.1) is 0 Å². The molecule has 0 spiro atoms. The molecule has 45 heavy (non-hydrogen) atoms. The Labute approximate surface area is 277 Å². The second-order valence-electron chi connectivity index (χ2n) is 12.5. The quantitative estimate of drug-likeness (QED) is 0.145. The SMILES string of the molecule is CC.CC.CO.COC1CC[C@@H](N(C)C)CC(C)O1.CO[C@@](C)(CCCC(C)C(=O)OC[C@@](C)(O)C(O)C(C)C)C[C@@H](C)C=O. The van der Waals surface area contributed by atoms with Gasteiger partial charge in [0, 0.05) is 33.3 Å². The third-order valence-corrected chi connectivity index (χ3v) is 7.72. The first-order valence-corrected chi connectivity index (χ1v) is 16.9. The van der Waals surface area contributed by atoms with Crippen molar-refractivity contribution in [2.24, 2.45) is 17.8 Å². The second kappa shape index (κ2) is 29.0. The van der Waals surface area contributed by atoms with Crippen LogP contribution in [0.4, 0.5) is 0 Å². The molecule has 1 heterocycles. The summed E-state index contributed by atoms with van der Waals surface area (Å²) in [7, 11) is 8.61. The van der Waals surface area contributed by atoms with Crippen molar-refractivity contribution >= 4 is 12.3 Å². The highest BCUT2D eigenvalue weighted by molar-refractivity contribution is 5.72. The lowest BCUT2D eigenvalue weighted by Crippen LogP contribution is -2.47. The van der Waals surface area contributed by atoms with Gasteiger partial charge in [-0.1, -0.05) is 55.4 Å².